The summed E-state index contributed by atoms with van der Waals surface area (Å²) in [5, 5.41) is 0. The number of rotatable bonds is 0. The first-order valence-corrected chi connectivity index (χ1v) is 0.532. The Labute approximate surface area is 94.9 Å². The molecule has 0 amide bonds. The Kier molecular flexibility index (Phi) is 66.6. The summed E-state index contributed by atoms with van der Waals surface area (Å²) < 4.78 is 7.88. The number of hydrogen-bond acceptors (Lipinski definition) is 1. The molecule has 0 fully saturated rings. The summed E-state index contributed by atoms with van der Waals surface area (Å²) in [6.45, 7) is 0. The van der Waals surface area contributed by atoms with E-state index >= 15 is 0 Å². The monoisotopic (exact) mass is 391 g/mol. The molecule has 0 aliphatic rings. The molecule has 0 atom stereocenters. The van der Waals surface area contributed by atoms with E-state index in [1.165, 1.54) is 0 Å². The van der Waals surface area contributed by atoms with Gasteiger partial charge in [-0.15, -0.1) is 0 Å². The van der Waals surface area contributed by atoms with Gasteiger partial charge in [0.2, 0.25) is 0 Å². The van der Waals surface area contributed by atoms with E-state index in [9.17, 15) is 0 Å². The molecule has 0 rings (SSSR count). The first kappa shape index (κ1) is 15.8. The molecule has 0 spiro atoms. The zero-order chi connectivity index (χ0) is 2.00. The standard InChI is InChI=1S/Ho.Ni.O.Sm. The molecule has 0 N–H and O–H groups in total. The SMILES string of the molecule is [Ho].[O]=[Ni].[Sm]. The van der Waals surface area contributed by atoms with Crippen LogP contribution in [-0.2, 0) is 19.3 Å². The van der Waals surface area contributed by atoms with Crippen molar-refractivity contribution in [3.8, 4) is 0 Å². The van der Waals surface area contributed by atoms with Crippen molar-refractivity contribution in [3.05, 3.63) is 0 Å². The zero-order valence-corrected chi connectivity index (χ0v) is 6.98. The summed E-state index contributed by atoms with van der Waals surface area (Å²) in [4.78, 5) is 0. The van der Waals surface area contributed by atoms with Gasteiger partial charge < -0.3 is 0 Å². The fourth-order valence-electron chi connectivity index (χ4n) is 0. The van der Waals surface area contributed by atoms with Crippen molar-refractivity contribution in [2.24, 2.45) is 0 Å². The molecule has 1 radical (unpaired) electrons. The Morgan fingerprint density at radius 2 is 1.25 bits per heavy atom. The maximum absolute atomic E-state index is 7.88. The molecule has 0 aromatic heterocycles. The molecule has 0 aromatic rings. The third kappa shape index (κ3) is 8.86. The summed E-state index contributed by atoms with van der Waals surface area (Å²) in [7, 11) is 0. The van der Waals surface area contributed by atoms with Crippen LogP contribution in [0, 0.1) is 78.1 Å². The van der Waals surface area contributed by atoms with Crippen molar-refractivity contribution < 1.29 is 97.4 Å². The van der Waals surface area contributed by atoms with Gasteiger partial charge in [-0.25, -0.2) is 0 Å². The number of hydrogen-bond donors (Lipinski definition) is 0. The molecule has 4 heteroatoms. The Balaban J connectivity index is -0.00000000500. The first-order valence-electron chi connectivity index (χ1n) is 0.129. The molecule has 0 saturated heterocycles. The van der Waals surface area contributed by atoms with Gasteiger partial charge in [0.15, 0.2) is 0 Å². The maximum atomic E-state index is 7.88. The van der Waals surface area contributed by atoms with E-state index in [1.54, 1.807) is 0 Å². The molecule has 0 heterocycles. The van der Waals surface area contributed by atoms with Crippen molar-refractivity contribution in [2.75, 3.05) is 0 Å². The summed E-state index contributed by atoms with van der Waals surface area (Å²) in [6, 6.07) is 0. The van der Waals surface area contributed by atoms with Crippen LogP contribution in [0.3, 0.4) is 0 Å². The molecule has 1 nitrogen and oxygen atoms in total. The van der Waals surface area contributed by atoms with Gasteiger partial charge in [-0.3, -0.25) is 0 Å². The molecule has 0 bridgehead atoms. The summed E-state index contributed by atoms with van der Waals surface area (Å²) in [5.41, 5.74) is 0. The van der Waals surface area contributed by atoms with Crippen molar-refractivity contribution in [1.82, 2.24) is 0 Å². The van der Waals surface area contributed by atoms with Gasteiger partial charge in [-0.2, -0.15) is 0 Å². The molecular formula is HoNiOSm. The molecule has 0 aromatic carbocycles. The van der Waals surface area contributed by atoms with Crippen molar-refractivity contribution in [1.29, 1.82) is 0 Å². The minimum atomic E-state index is 0. The maximum Gasteiger partial charge on any atom is 0 e. The first-order chi connectivity index (χ1) is 1.00. The molecule has 0 aliphatic heterocycles. The van der Waals surface area contributed by atoms with Gasteiger partial charge in [-0.1, -0.05) is 0 Å². The predicted octanol–water partition coefficient (Wildman–Crippen LogP) is -0.121. The van der Waals surface area contributed by atoms with Crippen LogP contribution < -0.4 is 0 Å². The van der Waals surface area contributed by atoms with Crippen LogP contribution in [0.4, 0.5) is 0 Å². The fourth-order valence-corrected chi connectivity index (χ4v) is 0. The minimum absolute atomic E-state index is 0. The topological polar surface area (TPSA) is 17.1 Å². The van der Waals surface area contributed by atoms with Gasteiger partial charge in [0.05, 0.1) is 0 Å². The summed E-state index contributed by atoms with van der Waals surface area (Å²) in [5.74, 6) is 0. The van der Waals surface area contributed by atoms with E-state index in [2.05, 4.69) is 15.4 Å². The van der Waals surface area contributed by atoms with E-state index in [-0.39, 0.29) is 78.1 Å². The van der Waals surface area contributed by atoms with E-state index < -0.39 is 0 Å². The molecule has 0 saturated carbocycles. The molecule has 0 unspecified atom stereocenters. The molecule has 0 aliphatic carbocycles. The van der Waals surface area contributed by atoms with E-state index in [0.717, 1.165) is 0 Å². The van der Waals surface area contributed by atoms with Gasteiger partial charge in [0.25, 0.3) is 0 Å². The van der Waals surface area contributed by atoms with Gasteiger partial charge >= 0.3 is 19.3 Å². The van der Waals surface area contributed by atoms with Crippen LogP contribution in [0.5, 0.6) is 0 Å². The summed E-state index contributed by atoms with van der Waals surface area (Å²) in [6.07, 6.45) is 0. The average Bonchev–Trinajstić information content (AvgIpc) is 1.00. The normalized spacial score (nSPS) is 1.50. The Bertz CT molecular complexity index is 8.00. The smallest absolute Gasteiger partial charge is 0 e. The van der Waals surface area contributed by atoms with E-state index in [0.29, 0.717) is 0 Å². The zero-order valence-electron chi connectivity index (χ0n) is 1.43. The minimum Gasteiger partial charge on any atom is 0 e. The van der Waals surface area contributed by atoms with Crippen molar-refractivity contribution >= 4 is 0 Å². The van der Waals surface area contributed by atoms with Crippen LogP contribution >= 0.6 is 0 Å². The second-order valence-corrected chi connectivity index (χ2v) is 0. The van der Waals surface area contributed by atoms with Gasteiger partial charge in [0, 0.05) is 78.1 Å². The summed E-state index contributed by atoms with van der Waals surface area (Å²) >= 11 is 2.62. The van der Waals surface area contributed by atoms with Crippen LogP contribution in [-0.4, -0.2) is 0 Å². The van der Waals surface area contributed by atoms with E-state index in [4.69, 9.17) is 3.90 Å². The van der Waals surface area contributed by atoms with Crippen LogP contribution in [0.2, 0.25) is 0 Å². The van der Waals surface area contributed by atoms with Crippen LogP contribution in [0.15, 0.2) is 0 Å². The predicted molar refractivity (Wildman–Crippen MR) is 0.686 cm³/mol. The van der Waals surface area contributed by atoms with Crippen molar-refractivity contribution in [3.63, 3.8) is 0 Å². The Morgan fingerprint density at radius 3 is 1.25 bits per heavy atom. The fraction of sp³-hybridized carbons (Fsp3) is 0. The van der Waals surface area contributed by atoms with Crippen LogP contribution in [0.1, 0.15) is 0 Å². The second kappa shape index (κ2) is 16.9. The largest absolute Gasteiger partial charge is 0 e. The molecule has 33 valence electrons. The van der Waals surface area contributed by atoms with Gasteiger partial charge in [-0.05, 0) is 0 Å². The second-order valence-electron chi connectivity index (χ2n) is 0. The quantitative estimate of drug-likeness (QED) is 0.528. The molecular weight excluding hydrogens is 390 g/mol. The third-order valence-electron chi connectivity index (χ3n) is 0. The molecule has 4 heavy (non-hydrogen) atoms. The average molecular weight is 390 g/mol. The van der Waals surface area contributed by atoms with Gasteiger partial charge in [0.1, 0.15) is 0 Å². The Hall–Kier alpha value is 2.89. The third-order valence-corrected chi connectivity index (χ3v) is 0. The van der Waals surface area contributed by atoms with E-state index in [1.807, 2.05) is 0 Å². The Morgan fingerprint density at radius 1 is 1.25 bits per heavy atom. The van der Waals surface area contributed by atoms with Crippen molar-refractivity contribution in [2.45, 2.75) is 0 Å². The van der Waals surface area contributed by atoms with Crippen LogP contribution in [0.25, 0.3) is 0 Å².